The third-order valence-electron chi connectivity index (χ3n) is 3.52. The predicted octanol–water partition coefficient (Wildman–Crippen LogP) is 0.736. The van der Waals surface area contributed by atoms with Gasteiger partial charge in [-0.05, 0) is 20.8 Å². The molecule has 23 heavy (non-hydrogen) atoms. The normalized spacial score (nSPS) is 11.3. The van der Waals surface area contributed by atoms with Crippen LogP contribution in [0, 0.1) is 13.8 Å². The molecule has 0 unspecified atom stereocenters. The molecule has 128 valence electrons. The van der Waals surface area contributed by atoms with Crippen LogP contribution < -0.4 is 10.6 Å². The number of rotatable bonds is 6. The van der Waals surface area contributed by atoms with Crippen LogP contribution in [-0.4, -0.2) is 53.7 Å². The number of amides is 1. The number of nitrogens with one attached hydrogen (secondary N) is 2. The van der Waals surface area contributed by atoms with Gasteiger partial charge in [-0.25, -0.2) is 4.99 Å². The number of nitrogens with zero attached hydrogens (tertiary/aromatic N) is 4. The van der Waals surface area contributed by atoms with Gasteiger partial charge >= 0.3 is 0 Å². The minimum Gasteiger partial charge on any atom is -0.353 e. The molecule has 0 bridgehead atoms. The number of aromatic nitrogens is 2. The minimum absolute atomic E-state index is 0.0106. The van der Waals surface area contributed by atoms with Crippen molar-refractivity contribution in [3.8, 4) is 0 Å². The highest BCUT2D eigenvalue weighted by Gasteiger charge is 2.10. The van der Waals surface area contributed by atoms with Crippen LogP contribution in [0.1, 0.15) is 23.9 Å². The summed E-state index contributed by atoms with van der Waals surface area (Å²) < 4.78 is 1.85. The topological polar surface area (TPSA) is 74.5 Å². The van der Waals surface area contributed by atoms with Crippen LogP contribution in [0.2, 0.25) is 0 Å². The molecule has 1 heterocycles. The second-order valence-corrected chi connectivity index (χ2v) is 5.89. The lowest BCUT2D eigenvalue weighted by molar-refractivity contribution is -0.127. The molecule has 1 aromatic heterocycles. The van der Waals surface area contributed by atoms with Crippen molar-refractivity contribution in [2.24, 2.45) is 12.0 Å². The van der Waals surface area contributed by atoms with E-state index in [1.54, 1.807) is 19.0 Å². The van der Waals surface area contributed by atoms with Gasteiger partial charge in [-0.3, -0.25) is 9.48 Å². The number of hydrogen-bond donors (Lipinski definition) is 2. The summed E-state index contributed by atoms with van der Waals surface area (Å²) in [6.07, 6.45) is 0. The number of guanidine groups is 1. The molecule has 1 amide bonds. The molecule has 7 heteroatoms. The highest BCUT2D eigenvalue weighted by molar-refractivity contribution is 5.86. The SMILES string of the molecule is C=C(C)CNC(=NCc1c(C)nn(C)c1C)NCC(=O)N(C)C. The first-order valence-electron chi connectivity index (χ1n) is 7.58. The number of likely N-dealkylation sites (N-methyl/N-ethyl adjacent to an activating group) is 1. The van der Waals surface area contributed by atoms with E-state index in [9.17, 15) is 4.79 Å². The van der Waals surface area contributed by atoms with Crippen molar-refractivity contribution >= 4 is 11.9 Å². The Kier molecular flexibility index (Phi) is 6.81. The summed E-state index contributed by atoms with van der Waals surface area (Å²) >= 11 is 0. The van der Waals surface area contributed by atoms with Gasteiger partial charge in [0.05, 0.1) is 18.8 Å². The average molecular weight is 320 g/mol. The van der Waals surface area contributed by atoms with E-state index >= 15 is 0 Å². The number of hydrogen-bond acceptors (Lipinski definition) is 3. The molecule has 0 aromatic carbocycles. The Bertz CT molecular complexity index is 600. The van der Waals surface area contributed by atoms with E-state index in [1.165, 1.54) is 0 Å². The van der Waals surface area contributed by atoms with E-state index < -0.39 is 0 Å². The molecule has 0 saturated carbocycles. The Balaban J connectivity index is 2.81. The summed E-state index contributed by atoms with van der Waals surface area (Å²) in [6, 6.07) is 0. The Morgan fingerprint density at radius 1 is 1.30 bits per heavy atom. The van der Waals surface area contributed by atoms with Crippen molar-refractivity contribution in [3.05, 3.63) is 29.1 Å². The van der Waals surface area contributed by atoms with E-state index in [0.717, 1.165) is 22.5 Å². The van der Waals surface area contributed by atoms with E-state index in [2.05, 4.69) is 27.3 Å². The van der Waals surface area contributed by atoms with Crippen molar-refractivity contribution in [1.82, 2.24) is 25.3 Å². The van der Waals surface area contributed by atoms with Crippen molar-refractivity contribution in [3.63, 3.8) is 0 Å². The Morgan fingerprint density at radius 2 is 1.91 bits per heavy atom. The zero-order valence-electron chi connectivity index (χ0n) is 15.0. The van der Waals surface area contributed by atoms with Gasteiger partial charge in [-0.15, -0.1) is 0 Å². The number of aliphatic imine (C=N–C) groups is 1. The molecule has 1 aromatic rings. The maximum Gasteiger partial charge on any atom is 0.241 e. The molecular weight excluding hydrogens is 292 g/mol. The van der Waals surface area contributed by atoms with Crippen LogP contribution in [0.4, 0.5) is 0 Å². The molecule has 0 atom stereocenters. The van der Waals surface area contributed by atoms with Crippen LogP contribution in [0.15, 0.2) is 17.1 Å². The summed E-state index contributed by atoms with van der Waals surface area (Å²) in [4.78, 5) is 17.8. The standard InChI is InChI=1S/C16H28N6O/c1-11(2)8-17-16(19-10-15(23)21(5)6)18-9-14-12(3)20-22(7)13(14)4/h1,8-10H2,2-7H3,(H2,17,18,19). The summed E-state index contributed by atoms with van der Waals surface area (Å²) in [5.74, 6) is 0.578. The van der Waals surface area contributed by atoms with E-state index in [0.29, 0.717) is 19.0 Å². The second-order valence-electron chi connectivity index (χ2n) is 5.89. The largest absolute Gasteiger partial charge is 0.353 e. The van der Waals surface area contributed by atoms with Crippen LogP contribution in [0.5, 0.6) is 0 Å². The number of carbonyl (C=O) groups excluding carboxylic acids is 1. The monoisotopic (exact) mass is 320 g/mol. The van der Waals surface area contributed by atoms with Gasteiger partial charge in [0.15, 0.2) is 5.96 Å². The summed E-state index contributed by atoms with van der Waals surface area (Å²) in [5.41, 5.74) is 4.15. The summed E-state index contributed by atoms with van der Waals surface area (Å²) in [6.45, 7) is 11.1. The van der Waals surface area contributed by atoms with Crippen LogP contribution in [-0.2, 0) is 18.4 Å². The number of aryl methyl sites for hydroxylation is 2. The lowest BCUT2D eigenvalue weighted by atomic mass is 10.2. The Labute approximate surface area is 138 Å². The first-order chi connectivity index (χ1) is 10.7. The Hall–Kier alpha value is -2.31. The van der Waals surface area contributed by atoms with Crippen molar-refractivity contribution in [2.75, 3.05) is 27.2 Å². The fourth-order valence-corrected chi connectivity index (χ4v) is 1.93. The minimum atomic E-state index is -0.0106. The maximum absolute atomic E-state index is 11.7. The van der Waals surface area contributed by atoms with Gasteiger partial charge in [0.2, 0.25) is 5.91 Å². The highest BCUT2D eigenvalue weighted by Crippen LogP contribution is 2.12. The van der Waals surface area contributed by atoms with Crippen molar-refractivity contribution in [1.29, 1.82) is 0 Å². The molecule has 1 rings (SSSR count). The average Bonchev–Trinajstić information content (AvgIpc) is 2.71. The van der Waals surface area contributed by atoms with Gasteiger partial charge in [0.1, 0.15) is 0 Å². The van der Waals surface area contributed by atoms with E-state index in [-0.39, 0.29) is 12.5 Å². The smallest absolute Gasteiger partial charge is 0.241 e. The molecule has 0 aliphatic rings. The molecule has 0 aliphatic heterocycles. The van der Waals surface area contributed by atoms with Crippen LogP contribution >= 0.6 is 0 Å². The fourth-order valence-electron chi connectivity index (χ4n) is 1.93. The van der Waals surface area contributed by atoms with Gasteiger partial charge in [-0.1, -0.05) is 12.2 Å². The van der Waals surface area contributed by atoms with Crippen LogP contribution in [0.3, 0.4) is 0 Å². The van der Waals surface area contributed by atoms with E-state index in [1.807, 2.05) is 32.5 Å². The molecule has 2 N–H and O–H groups in total. The van der Waals surface area contributed by atoms with Gasteiger partial charge in [0.25, 0.3) is 0 Å². The summed E-state index contributed by atoms with van der Waals surface area (Å²) in [7, 11) is 5.37. The van der Waals surface area contributed by atoms with Crippen LogP contribution in [0.25, 0.3) is 0 Å². The van der Waals surface area contributed by atoms with Crippen molar-refractivity contribution < 1.29 is 4.79 Å². The van der Waals surface area contributed by atoms with E-state index in [4.69, 9.17) is 0 Å². The molecule has 0 saturated heterocycles. The lowest BCUT2D eigenvalue weighted by Crippen LogP contribution is -2.43. The third kappa shape index (κ3) is 5.77. The Morgan fingerprint density at radius 3 is 2.39 bits per heavy atom. The molecule has 0 spiro atoms. The molecule has 0 fully saturated rings. The zero-order valence-corrected chi connectivity index (χ0v) is 15.0. The molecular formula is C16H28N6O. The maximum atomic E-state index is 11.7. The quantitative estimate of drug-likeness (QED) is 0.460. The molecule has 0 radical (unpaired) electrons. The lowest BCUT2D eigenvalue weighted by Gasteiger charge is -2.15. The second kappa shape index (κ2) is 8.36. The molecule has 7 nitrogen and oxygen atoms in total. The fraction of sp³-hybridized carbons (Fsp3) is 0.562. The molecule has 0 aliphatic carbocycles. The first kappa shape index (κ1) is 18.7. The summed E-state index contributed by atoms with van der Waals surface area (Å²) in [5, 5.41) is 10.6. The first-order valence-corrected chi connectivity index (χ1v) is 7.58. The van der Waals surface area contributed by atoms with Gasteiger partial charge in [-0.2, -0.15) is 5.10 Å². The van der Waals surface area contributed by atoms with Crippen molar-refractivity contribution in [2.45, 2.75) is 27.3 Å². The van der Waals surface area contributed by atoms with Gasteiger partial charge in [0, 0.05) is 38.9 Å². The predicted molar refractivity (Wildman–Crippen MR) is 93.3 cm³/mol. The van der Waals surface area contributed by atoms with Gasteiger partial charge < -0.3 is 15.5 Å². The third-order valence-corrected chi connectivity index (χ3v) is 3.52. The number of carbonyl (C=O) groups is 1. The highest BCUT2D eigenvalue weighted by atomic mass is 16.2. The zero-order chi connectivity index (χ0) is 17.6.